The number of rotatable bonds is 5. The molecule has 0 aliphatic carbocycles. The first-order valence-corrected chi connectivity index (χ1v) is 10.8. The molecule has 8 heteroatoms. The molecule has 0 spiro atoms. The fraction of sp³-hybridized carbons (Fsp3) is 0.350. The number of aromatic amines is 1. The van der Waals surface area contributed by atoms with Crippen molar-refractivity contribution in [2.75, 3.05) is 18.8 Å². The van der Waals surface area contributed by atoms with Gasteiger partial charge < -0.3 is 4.98 Å². The number of sulfone groups is 1. The number of nitrogens with zero attached hydrogens (tertiary/aromatic N) is 4. The van der Waals surface area contributed by atoms with E-state index >= 15 is 0 Å². The van der Waals surface area contributed by atoms with Gasteiger partial charge in [0.1, 0.15) is 5.65 Å². The zero-order chi connectivity index (χ0) is 19.9. The Morgan fingerprint density at radius 1 is 1.43 bits per heavy atom. The minimum Gasteiger partial charge on any atom is -0.346 e. The van der Waals surface area contributed by atoms with Crippen LogP contribution in [0.25, 0.3) is 21.9 Å². The summed E-state index contributed by atoms with van der Waals surface area (Å²) in [5.74, 6) is 0.0949. The Labute approximate surface area is 163 Å². The summed E-state index contributed by atoms with van der Waals surface area (Å²) >= 11 is 0. The highest BCUT2D eigenvalue weighted by Gasteiger charge is 2.40. The van der Waals surface area contributed by atoms with Crippen molar-refractivity contribution in [3.63, 3.8) is 0 Å². The molecule has 0 saturated carbocycles. The molecule has 4 rings (SSSR count). The van der Waals surface area contributed by atoms with Crippen molar-refractivity contribution < 1.29 is 8.42 Å². The van der Waals surface area contributed by atoms with Gasteiger partial charge in [-0.3, -0.25) is 9.88 Å². The molecule has 1 N–H and O–H groups in total. The summed E-state index contributed by atoms with van der Waals surface area (Å²) in [5.41, 5.74) is 2.73. The second-order valence-corrected chi connectivity index (χ2v) is 9.40. The van der Waals surface area contributed by atoms with Crippen molar-refractivity contribution in [3.05, 3.63) is 48.9 Å². The van der Waals surface area contributed by atoms with Crippen molar-refractivity contribution >= 4 is 31.8 Å². The van der Waals surface area contributed by atoms with Crippen molar-refractivity contribution in [1.82, 2.24) is 19.9 Å². The first-order valence-electron chi connectivity index (χ1n) is 9.13. The van der Waals surface area contributed by atoms with Gasteiger partial charge >= 0.3 is 0 Å². The molecule has 28 heavy (non-hydrogen) atoms. The van der Waals surface area contributed by atoms with Crippen LogP contribution in [0.4, 0.5) is 0 Å². The lowest BCUT2D eigenvalue weighted by Gasteiger charge is -2.21. The molecule has 3 atom stereocenters. The van der Waals surface area contributed by atoms with Gasteiger partial charge in [-0.15, -0.1) is 6.58 Å². The zero-order valence-corrected chi connectivity index (χ0v) is 16.4. The molecule has 144 valence electrons. The lowest BCUT2D eigenvalue weighted by Crippen LogP contribution is -2.39. The van der Waals surface area contributed by atoms with E-state index in [2.05, 4.69) is 28.5 Å². The van der Waals surface area contributed by atoms with Crippen LogP contribution in [0.5, 0.6) is 0 Å². The number of fused-ring (bicyclic) bond motifs is 3. The first-order chi connectivity index (χ1) is 13.5. The smallest absolute Gasteiger partial charge is 0.201 e. The molecular formula is C20H21N5O2S. The Morgan fingerprint density at radius 2 is 2.25 bits per heavy atom. The molecule has 1 saturated heterocycles. The summed E-state index contributed by atoms with van der Waals surface area (Å²) in [6.45, 7) is 6.65. The Kier molecular flexibility index (Phi) is 4.65. The number of H-pyrrole nitrogens is 1. The average Bonchev–Trinajstić information content (AvgIpc) is 3.28. The second kappa shape index (κ2) is 7.00. The second-order valence-electron chi connectivity index (χ2n) is 7.30. The maximum atomic E-state index is 12.5. The molecule has 0 radical (unpaired) electrons. The summed E-state index contributed by atoms with van der Waals surface area (Å²) in [6, 6.07) is 5.97. The fourth-order valence-corrected chi connectivity index (χ4v) is 5.53. The van der Waals surface area contributed by atoms with Crippen molar-refractivity contribution in [1.29, 1.82) is 5.26 Å². The van der Waals surface area contributed by atoms with Gasteiger partial charge in [0, 0.05) is 42.2 Å². The molecule has 0 bridgehead atoms. The highest BCUT2D eigenvalue weighted by atomic mass is 32.2. The SMILES string of the molecule is C=CCS(=O)(=O)C(C#N)N1CC(C)C(c2ccnc3cnc4[nH]ccc4c23)C1. The molecule has 4 heterocycles. The van der Waals surface area contributed by atoms with E-state index < -0.39 is 15.2 Å². The van der Waals surface area contributed by atoms with Gasteiger partial charge in [0.15, 0.2) is 9.84 Å². The molecule has 3 unspecified atom stereocenters. The highest BCUT2D eigenvalue weighted by Crippen LogP contribution is 2.38. The van der Waals surface area contributed by atoms with Crippen LogP contribution >= 0.6 is 0 Å². The van der Waals surface area contributed by atoms with Crippen LogP contribution in [-0.4, -0.2) is 52.5 Å². The van der Waals surface area contributed by atoms with Gasteiger partial charge in [-0.05, 0) is 23.6 Å². The maximum absolute atomic E-state index is 12.5. The van der Waals surface area contributed by atoms with Gasteiger partial charge in [-0.1, -0.05) is 13.0 Å². The molecule has 1 aliphatic heterocycles. The summed E-state index contributed by atoms with van der Waals surface area (Å²) in [4.78, 5) is 13.8. The maximum Gasteiger partial charge on any atom is 0.201 e. The summed E-state index contributed by atoms with van der Waals surface area (Å²) in [6.07, 6.45) is 6.71. The third-order valence-corrected chi connectivity index (χ3v) is 7.28. The summed E-state index contributed by atoms with van der Waals surface area (Å²) in [7, 11) is -3.58. The van der Waals surface area contributed by atoms with E-state index in [0.29, 0.717) is 13.1 Å². The number of nitrogens with one attached hydrogen (secondary N) is 1. The number of likely N-dealkylation sites (tertiary alicyclic amines) is 1. The highest BCUT2D eigenvalue weighted by molar-refractivity contribution is 7.92. The fourth-order valence-electron chi connectivity index (χ4n) is 4.23. The van der Waals surface area contributed by atoms with Crippen LogP contribution in [0.15, 0.2) is 43.4 Å². The lowest BCUT2D eigenvalue weighted by molar-refractivity contribution is 0.332. The monoisotopic (exact) mass is 395 g/mol. The van der Waals surface area contributed by atoms with Crippen LogP contribution in [-0.2, 0) is 9.84 Å². The Bertz CT molecular complexity index is 1190. The van der Waals surface area contributed by atoms with Gasteiger partial charge in [-0.25, -0.2) is 13.4 Å². The number of hydrogen-bond donors (Lipinski definition) is 1. The normalized spacial score (nSPS) is 21.7. The Hall–Kier alpha value is -2.76. The minimum atomic E-state index is -3.58. The van der Waals surface area contributed by atoms with Crippen molar-refractivity contribution in [2.24, 2.45) is 5.92 Å². The summed E-state index contributed by atoms with van der Waals surface area (Å²) in [5, 5.41) is 10.4. The van der Waals surface area contributed by atoms with Gasteiger partial charge in [0.05, 0.1) is 23.5 Å². The first kappa shape index (κ1) is 18.6. The number of pyridine rings is 2. The number of hydrogen-bond acceptors (Lipinski definition) is 6. The van der Waals surface area contributed by atoms with Crippen LogP contribution in [0, 0.1) is 17.2 Å². The van der Waals surface area contributed by atoms with Crippen LogP contribution in [0.1, 0.15) is 18.4 Å². The number of aromatic nitrogens is 3. The van der Waals surface area contributed by atoms with Crippen molar-refractivity contribution in [2.45, 2.75) is 18.2 Å². The molecule has 0 amide bonds. The van der Waals surface area contributed by atoms with E-state index in [1.165, 1.54) is 6.08 Å². The zero-order valence-electron chi connectivity index (χ0n) is 15.5. The Balaban J connectivity index is 1.76. The topological polar surface area (TPSA) is 103 Å². The molecule has 3 aromatic rings. The van der Waals surface area contributed by atoms with E-state index in [9.17, 15) is 13.7 Å². The largest absolute Gasteiger partial charge is 0.346 e. The molecule has 7 nitrogen and oxygen atoms in total. The predicted octanol–water partition coefficient (Wildman–Crippen LogP) is 2.60. The van der Waals surface area contributed by atoms with Crippen LogP contribution in [0.3, 0.4) is 0 Å². The van der Waals surface area contributed by atoms with Gasteiger partial charge in [0.2, 0.25) is 5.37 Å². The predicted molar refractivity (Wildman–Crippen MR) is 108 cm³/mol. The average molecular weight is 395 g/mol. The van der Waals surface area contributed by atoms with E-state index in [4.69, 9.17) is 0 Å². The van der Waals surface area contributed by atoms with E-state index in [1.807, 2.05) is 24.4 Å². The van der Waals surface area contributed by atoms with Gasteiger partial charge in [0.25, 0.3) is 0 Å². The third-order valence-electron chi connectivity index (χ3n) is 5.50. The summed E-state index contributed by atoms with van der Waals surface area (Å²) < 4.78 is 25.0. The quantitative estimate of drug-likeness (QED) is 0.666. The van der Waals surface area contributed by atoms with Crippen LogP contribution in [0.2, 0.25) is 0 Å². The van der Waals surface area contributed by atoms with Crippen LogP contribution < -0.4 is 0 Å². The van der Waals surface area contributed by atoms with E-state index in [1.54, 1.807) is 17.3 Å². The molecule has 0 aromatic carbocycles. The molecule has 1 aliphatic rings. The molecule has 1 fully saturated rings. The van der Waals surface area contributed by atoms with Crippen molar-refractivity contribution in [3.8, 4) is 6.07 Å². The standard InChI is InChI=1S/C20H21N5O2S/c1-3-8-28(26,27)18(9-21)25-11-13(2)16(12-25)14-4-6-22-17-10-24-20-15(19(14)17)5-7-23-20/h3-7,10,13,16,18H,1,8,11-12H2,2H3,(H,23,24). The molecular weight excluding hydrogens is 374 g/mol. The lowest BCUT2D eigenvalue weighted by atomic mass is 9.88. The van der Waals surface area contributed by atoms with E-state index in [0.717, 1.165) is 27.5 Å². The Morgan fingerprint density at radius 3 is 3.00 bits per heavy atom. The van der Waals surface area contributed by atoms with Gasteiger partial charge in [-0.2, -0.15) is 5.26 Å². The third kappa shape index (κ3) is 2.97. The minimum absolute atomic E-state index is 0.0979. The number of nitriles is 1. The molecule has 3 aromatic heterocycles. The van der Waals surface area contributed by atoms with E-state index in [-0.39, 0.29) is 17.6 Å².